The van der Waals surface area contributed by atoms with E-state index in [0.717, 1.165) is 48.0 Å². The quantitative estimate of drug-likeness (QED) is 0.849. The molecule has 0 saturated carbocycles. The fourth-order valence-electron chi connectivity index (χ4n) is 3.95. The summed E-state index contributed by atoms with van der Waals surface area (Å²) >= 11 is 0. The largest absolute Gasteiger partial charge is 0.441 e. The molecule has 1 aromatic heterocycles. The van der Waals surface area contributed by atoms with Crippen LogP contribution in [0.25, 0.3) is 11.0 Å². The molecule has 2 saturated heterocycles. The van der Waals surface area contributed by atoms with E-state index in [2.05, 4.69) is 16.3 Å². The Kier molecular flexibility index (Phi) is 3.80. The average molecular weight is 342 g/mol. The molecule has 2 aliphatic heterocycles. The Hall–Kier alpha value is -2.34. The minimum atomic E-state index is -0.349. The van der Waals surface area contributed by atoms with Gasteiger partial charge in [0.1, 0.15) is 11.2 Å². The number of piperidine rings is 1. The molecule has 1 aromatic carbocycles. The van der Waals surface area contributed by atoms with Crippen molar-refractivity contribution in [3.63, 3.8) is 0 Å². The van der Waals surface area contributed by atoms with Crippen LogP contribution in [0.1, 0.15) is 29.5 Å². The van der Waals surface area contributed by atoms with Crippen LogP contribution in [0.15, 0.2) is 27.4 Å². The molecular weight excluding hydrogens is 320 g/mol. The van der Waals surface area contributed by atoms with Crippen LogP contribution in [0.4, 0.5) is 4.79 Å². The SMILES string of the molecule is Cc1cc(C)c2oc(=O)cc(CN3CCC4(CC3)CNC(=O)O4)c2c1. The van der Waals surface area contributed by atoms with Crippen molar-refractivity contribution in [2.24, 2.45) is 0 Å². The van der Waals surface area contributed by atoms with Crippen LogP contribution in [0, 0.1) is 13.8 Å². The predicted molar refractivity (Wildman–Crippen MR) is 93.7 cm³/mol. The molecule has 25 heavy (non-hydrogen) atoms. The van der Waals surface area contributed by atoms with Gasteiger partial charge in [0.2, 0.25) is 0 Å². The highest BCUT2D eigenvalue weighted by Crippen LogP contribution is 2.31. The summed E-state index contributed by atoms with van der Waals surface area (Å²) in [7, 11) is 0. The topological polar surface area (TPSA) is 71.8 Å². The van der Waals surface area contributed by atoms with Gasteiger partial charge in [-0.15, -0.1) is 0 Å². The molecule has 1 amide bonds. The number of hydrogen-bond acceptors (Lipinski definition) is 5. The third kappa shape index (κ3) is 3.02. The zero-order valence-corrected chi connectivity index (χ0v) is 14.6. The number of likely N-dealkylation sites (tertiary alicyclic amines) is 1. The normalized spacial score (nSPS) is 20.0. The highest BCUT2D eigenvalue weighted by Gasteiger charge is 2.42. The predicted octanol–water partition coefficient (Wildman–Crippen LogP) is 2.48. The van der Waals surface area contributed by atoms with Crippen molar-refractivity contribution in [3.8, 4) is 0 Å². The lowest BCUT2D eigenvalue weighted by molar-refractivity contribution is -0.000950. The van der Waals surface area contributed by atoms with Gasteiger partial charge >= 0.3 is 11.7 Å². The van der Waals surface area contributed by atoms with Crippen molar-refractivity contribution < 1.29 is 13.9 Å². The van der Waals surface area contributed by atoms with Gasteiger partial charge in [-0.05, 0) is 36.6 Å². The van der Waals surface area contributed by atoms with Gasteiger partial charge in [-0.2, -0.15) is 0 Å². The first-order valence-electron chi connectivity index (χ1n) is 8.67. The van der Waals surface area contributed by atoms with Crippen molar-refractivity contribution in [3.05, 3.63) is 45.3 Å². The molecule has 6 heteroatoms. The summed E-state index contributed by atoms with van der Waals surface area (Å²) in [6.07, 6.45) is 1.30. The van der Waals surface area contributed by atoms with Crippen LogP contribution in [-0.4, -0.2) is 36.2 Å². The Morgan fingerprint density at radius 2 is 1.92 bits per heavy atom. The molecule has 0 bridgehead atoms. The minimum absolute atomic E-state index is 0.308. The zero-order chi connectivity index (χ0) is 17.6. The second kappa shape index (κ2) is 5.88. The summed E-state index contributed by atoms with van der Waals surface area (Å²) in [6.45, 7) is 6.98. The van der Waals surface area contributed by atoms with E-state index in [9.17, 15) is 9.59 Å². The number of alkyl carbamates (subject to hydrolysis) is 1. The van der Waals surface area contributed by atoms with Gasteiger partial charge in [0, 0.05) is 43.9 Å². The number of hydrogen-bond donors (Lipinski definition) is 1. The third-order valence-electron chi connectivity index (χ3n) is 5.28. The second-order valence-electron chi connectivity index (χ2n) is 7.25. The maximum absolute atomic E-state index is 12.0. The van der Waals surface area contributed by atoms with Gasteiger partial charge in [0.15, 0.2) is 0 Å². The van der Waals surface area contributed by atoms with Crippen LogP contribution in [0.5, 0.6) is 0 Å². The van der Waals surface area contributed by atoms with E-state index in [4.69, 9.17) is 9.15 Å². The highest BCUT2D eigenvalue weighted by molar-refractivity contribution is 5.83. The van der Waals surface area contributed by atoms with Gasteiger partial charge in [-0.25, -0.2) is 9.59 Å². The van der Waals surface area contributed by atoms with Crippen LogP contribution in [0.2, 0.25) is 0 Å². The van der Waals surface area contributed by atoms with Gasteiger partial charge in [-0.1, -0.05) is 6.07 Å². The smallest absolute Gasteiger partial charge is 0.407 e. The summed E-state index contributed by atoms with van der Waals surface area (Å²) in [5, 5.41) is 3.76. The Balaban J connectivity index is 1.57. The molecule has 1 spiro atoms. The second-order valence-corrected chi connectivity index (χ2v) is 7.25. The molecule has 0 radical (unpaired) electrons. The van der Waals surface area contributed by atoms with E-state index >= 15 is 0 Å². The van der Waals surface area contributed by atoms with Crippen molar-refractivity contribution >= 4 is 17.1 Å². The summed E-state index contributed by atoms with van der Waals surface area (Å²) < 4.78 is 10.9. The van der Waals surface area contributed by atoms with E-state index in [-0.39, 0.29) is 17.3 Å². The molecule has 2 fully saturated rings. The Morgan fingerprint density at radius 3 is 2.60 bits per heavy atom. The molecule has 2 aliphatic rings. The fourth-order valence-corrected chi connectivity index (χ4v) is 3.95. The summed E-state index contributed by atoms with van der Waals surface area (Å²) in [5.74, 6) is 0. The van der Waals surface area contributed by atoms with Crippen LogP contribution in [-0.2, 0) is 11.3 Å². The number of nitrogens with one attached hydrogen (secondary N) is 1. The van der Waals surface area contributed by atoms with Crippen LogP contribution < -0.4 is 10.9 Å². The van der Waals surface area contributed by atoms with Crippen LogP contribution in [0.3, 0.4) is 0 Å². The van der Waals surface area contributed by atoms with Crippen molar-refractivity contribution in [1.82, 2.24) is 10.2 Å². The average Bonchev–Trinajstić information content (AvgIpc) is 2.92. The van der Waals surface area contributed by atoms with E-state index < -0.39 is 0 Å². The number of rotatable bonds is 2. The van der Waals surface area contributed by atoms with E-state index in [1.54, 1.807) is 6.07 Å². The number of fused-ring (bicyclic) bond motifs is 1. The Bertz CT molecular complexity index is 894. The van der Waals surface area contributed by atoms with E-state index in [1.807, 2.05) is 19.9 Å². The summed E-state index contributed by atoms with van der Waals surface area (Å²) in [5.41, 5.74) is 3.15. The Morgan fingerprint density at radius 1 is 1.16 bits per heavy atom. The number of carbonyl (C=O) groups excluding carboxylic acids is 1. The maximum Gasteiger partial charge on any atom is 0.407 e. The minimum Gasteiger partial charge on any atom is -0.441 e. The molecule has 3 heterocycles. The van der Waals surface area contributed by atoms with E-state index in [0.29, 0.717) is 18.7 Å². The first kappa shape index (κ1) is 16.1. The summed E-state index contributed by atoms with van der Waals surface area (Å²) in [6, 6.07) is 5.71. The number of ether oxygens (including phenoxy) is 1. The molecule has 1 N–H and O–H groups in total. The van der Waals surface area contributed by atoms with Crippen LogP contribution >= 0.6 is 0 Å². The Labute approximate surface area is 145 Å². The molecule has 4 rings (SSSR count). The number of nitrogens with zero attached hydrogens (tertiary/aromatic N) is 1. The third-order valence-corrected chi connectivity index (χ3v) is 5.28. The number of aryl methyl sites for hydroxylation is 2. The standard InChI is InChI=1S/C19H22N2O4/c1-12-7-13(2)17-15(8-12)14(9-16(22)24-17)10-21-5-3-19(4-6-21)11-20-18(23)25-19/h7-9H,3-6,10-11H2,1-2H3,(H,20,23). The lowest BCUT2D eigenvalue weighted by Gasteiger charge is -2.37. The van der Waals surface area contributed by atoms with Crippen molar-refractivity contribution in [1.29, 1.82) is 0 Å². The maximum atomic E-state index is 12.0. The highest BCUT2D eigenvalue weighted by atomic mass is 16.6. The van der Waals surface area contributed by atoms with Gasteiger partial charge in [0.05, 0.1) is 6.54 Å². The number of carbonyl (C=O) groups is 1. The first-order chi connectivity index (χ1) is 11.9. The van der Waals surface area contributed by atoms with Gasteiger partial charge in [-0.3, -0.25) is 4.90 Å². The zero-order valence-electron chi connectivity index (χ0n) is 14.6. The van der Waals surface area contributed by atoms with E-state index in [1.165, 1.54) is 0 Å². The van der Waals surface area contributed by atoms with Gasteiger partial charge in [0.25, 0.3) is 0 Å². The molecule has 0 atom stereocenters. The molecule has 0 aliphatic carbocycles. The monoisotopic (exact) mass is 342 g/mol. The van der Waals surface area contributed by atoms with Crippen molar-refractivity contribution in [2.45, 2.75) is 38.8 Å². The molecule has 6 nitrogen and oxygen atoms in total. The lowest BCUT2D eigenvalue weighted by Crippen LogP contribution is -2.46. The molecule has 132 valence electrons. The molecular formula is C19H22N2O4. The van der Waals surface area contributed by atoms with Crippen molar-refractivity contribution in [2.75, 3.05) is 19.6 Å². The fraction of sp³-hybridized carbons (Fsp3) is 0.474. The summed E-state index contributed by atoms with van der Waals surface area (Å²) in [4.78, 5) is 25.6. The number of amides is 1. The first-order valence-corrected chi connectivity index (χ1v) is 8.67. The molecule has 0 unspecified atom stereocenters. The number of benzene rings is 1. The van der Waals surface area contributed by atoms with Gasteiger partial charge < -0.3 is 14.5 Å². The lowest BCUT2D eigenvalue weighted by atomic mass is 9.91. The molecule has 2 aromatic rings.